The lowest BCUT2D eigenvalue weighted by molar-refractivity contribution is -0.378. The first-order chi connectivity index (χ1) is 15.9. The van der Waals surface area contributed by atoms with E-state index in [4.69, 9.17) is 21.1 Å². The van der Waals surface area contributed by atoms with Crippen LogP contribution in [0.5, 0.6) is 11.5 Å². The molecule has 1 aliphatic heterocycles. The second-order valence-electron chi connectivity index (χ2n) is 7.44. The number of nitrogens with one attached hydrogen (secondary N) is 1. The van der Waals surface area contributed by atoms with Crippen LogP contribution >= 0.6 is 11.6 Å². The first kappa shape index (κ1) is 22.4. The van der Waals surface area contributed by atoms with Crippen LogP contribution in [0.2, 0.25) is 5.02 Å². The van der Waals surface area contributed by atoms with Gasteiger partial charge in [-0.3, -0.25) is 9.59 Å². The third-order valence-electron chi connectivity index (χ3n) is 5.48. The molecule has 1 unspecified atom stereocenters. The molecule has 1 saturated heterocycles. The van der Waals surface area contributed by atoms with Gasteiger partial charge < -0.3 is 19.5 Å². The van der Waals surface area contributed by atoms with Crippen LogP contribution in [0.15, 0.2) is 72.6 Å². The van der Waals surface area contributed by atoms with Gasteiger partial charge in [0.1, 0.15) is 0 Å². The molecule has 0 saturated carbocycles. The molecule has 2 aromatic carbocycles. The molecule has 1 aromatic heterocycles. The van der Waals surface area contributed by atoms with Crippen LogP contribution in [0, 0.1) is 0 Å². The molecule has 0 radical (unpaired) electrons. The molecule has 1 amide bonds. The van der Waals surface area contributed by atoms with E-state index in [0.29, 0.717) is 22.1 Å². The van der Waals surface area contributed by atoms with Gasteiger partial charge in [0.15, 0.2) is 23.9 Å². The zero-order chi connectivity index (χ0) is 23.5. The topological polar surface area (TPSA) is 93.0 Å². The minimum absolute atomic E-state index is 0.116. The summed E-state index contributed by atoms with van der Waals surface area (Å²) in [5, 5.41) is 13.9. The Balaban J connectivity index is 1.89. The number of hydrogen-bond acceptors (Lipinski definition) is 5. The van der Waals surface area contributed by atoms with Crippen molar-refractivity contribution in [2.45, 2.75) is 12.6 Å². The second kappa shape index (κ2) is 9.34. The van der Waals surface area contributed by atoms with Gasteiger partial charge in [-0.25, -0.2) is 4.98 Å². The van der Waals surface area contributed by atoms with Gasteiger partial charge in [0.2, 0.25) is 5.78 Å². The van der Waals surface area contributed by atoms with E-state index in [-0.39, 0.29) is 17.7 Å². The number of amides is 1. The lowest BCUT2D eigenvalue weighted by atomic mass is 9.95. The second-order valence-corrected chi connectivity index (χ2v) is 7.88. The Kier molecular flexibility index (Phi) is 6.33. The number of carbonyl (C=O) groups excluding carboxylic acids is 2. The van der Waals surface area contributed by atoms with Gasteiger partial charge >= 0.3 is 0 Å². The molecule has 33 heavy (non-hydrogen) atoms. The highest BCUT2D eigenvalue weighted by molar-refractivity contribution is 6.46. The molecule has 1 N–H and O–H groups in total. The molecular weight excluding hydrogens is 444 g/mol. The molecule has 4 rings (SSSR count). The number of nitrogens with zero attached hydrogens (tertiary/aromatic N) is 1. The Hall–Kier alpha value is -3.84. The number of likely N-dealkylation sites (tertiary alicyclic amines) is 1. The Labute approximate surface area is 195 Å². The van der Waals surface area contributed by atoms with Crippen LogP contribution in [0.1, 0.15) is 22.7 Å². The van der Waals surface area contributed by atoms with Crippen molar-refractivity contribution in [2.75, 3.05) is 14.2 Å². The van der Waals surface area contributed by atoms with Gasteiger partial charge in [-0.1, -0.05) is 35.6 Å². The number of aromatic nitrogens is 1. The summed E-state index contributed by atoms with van der Waals surface area (Å²) in [5.41, 5.74) is 1.50. The fraction of sp³-hybridized carbons (Fsp3) is 0.160. The minimum Gasteiger partial charge on any atom is -0.872 e. The summed E-state index contributed by atoms with van der Waals surface area (Å²) in [6, 6.07) is 14.0. The van der Waals surface area contributed by atoms with Gasteiger partial charge in [-0.05, 0) is 41.5 Å². The lowest BCUT2D eigenvalue weighted by Gasteiger charge is -2.27. The summed E-state index contributed by atoms with van der Waals surface area (Å²) in [6.07, 6.45) is 3.48. The number of carbonyl (C=O) groups is 2. The summed E-state index contributed by atoms with van der Waals surface area (Å²) >= 11 is 5.95. The molecule has 0 aliphatic carbocycles. The van der Waals surface area contributed by atoms with Crippen molar-refractivity contribution in [1.82, 2.24) is 4.90 Å². The first-order valence-electron chi connectivity index (χ1n) is 10.1. The first-order valence-corrected chi connectivity index (χ1v) is 10.5. The minimum atomic E-state index is -0.895. The van der Waals surface area contributed by atoms with Crippen LogP contribution in [0.3, 0.4) is 0 Å². The van der Waals surface area contributed by atoms with E-state index in [2.05, 4.69) is 4.98 Å². The normalized spacial score (nSPS) is 17.3. The maximum absolute atomic E-state index is 13.4. The van der Waals surface area contributed by atoms with Crippen molar-refractivity contribution in [3.05, 3.63) is 94.3 Å². The fourth-order valence-electron chi connectivity index (χ4n) is 3.89. The molecule has 0 bridgehead atoms. The maximum atomic E-state index is 13.4. The number of hydrogen-bond donors (Lipinski definition) is 0. The average Bonchev–Trinajstić information content (AvgIpc) is 3.09. The van der Waals surface area contributed by atoms with Gasteiger partial charge in [0.25, 0.3) is 5.91 Å². The smallest absolute Gasteiger partial charge is 0.295 e. The summed E-state index contributed by atoms with van der Waals surface area (Å²) in [5.74, 6) is -1.17. The number of ether oxygens (including phenoxy) is 2. The van der Waals surface area contributed by atoms with Crippen LogP contribution in [-0.2, 0) is 16.1 Å². The zero-order valence-electron chi connectivity index (χ0n) is 18.0. The number of Topliss-reactive ketones (excluding diaryl/α,β-unsaturated/α-hetero) is 1. The number of pyridine rings is 1. The molecule has 1 atom stereocenters. The molecule has 1 aliphatic rings. The lowest BCUT2D eigenvalue weighted by Crippen LogP contribution is -2.29. The molecule has 2 heterocycles. The zero-order valence-corrected chi connectivity index (χ0v) is 18.8. The molecule has 7 nitrogen and oxygen atoms in total. The largest absolute Gasteiger partial charge is 0.872 e. The summed E-state index contributed by atoms with van der Waals surface area (Å²) in [7, 11) is 3.01. The van der Waals surface area contributed by atoms with E-state index in [1.54, 1.807) is 48.8 Å². The molecule has 3 aromatic rings. The Morgan fingerprint density at radius 1 is 1.06 bits per heavy atom. The predicted molar refractivity (Wildman–Crippen MR) is 119 cm³/mol. The van der Waals surface area contributed by atoms with E-state index < -0.39 is 23.5 Å². The van der Waals surface area contributed by atoms with Crippen molar-refractivity contribution in [3.8, 4) is 11.5 Å². The molecule has 8 heteroatoms. The summed E-state index contributed by atoms with van der Waals surface area (Å²) in [6.45, 7) is 0.137. The van der Waals surface area contributed by atoms with Crippen molar-refractivity contribution in [1.29, 1.82) is 0 Å². The number of halogens is 1. The van der Waals surface area contributed by atoms with Gasteiger partial charge in [0, 0.05) is 22.2 Å². The van der Waals surface area contributed by atoms with Crippen molar-refractivity contribution >= 4 is 29.1 Å². The molecule has 168 valence electrons. The van der Waals surface area contributed by atoms with Crippen LogP contribution in [-0.4, -0.2) is 30.8 Å². The highest BCUT2D eigenvalue weighted by Crippen LogP contribution is 2.42. The van der Waals surface area contributed by atoms with Crippen LogP contribution in [0.4, 0.5) is 0 Å². The standard InChI is InChI=1S/C25H21ClN2O5/c1-32-19-10-7-17(12-20(19)33-2)22-21(23(29)16-5-8-18(26)9-6-16)24(30)25(31)28(22)14-15-4-3-11-27-13-15/h3-13,22,29H,14H2,1-2H3. The third-order valence-corrected chi connectivity index (χ3v) is 5.74. The highest BCUT2D eigenvalue weighted by Gasteiger charge is 2.44. The summed E-state index contributed by atoms with van der Waals surface area (Å²) < 4.78 is 10.7. The SMILES string of the molecule is COc1ccc(C2C(=C([O-])c3ccc(Cl)cc3)C(=O)C(=O)N2Cc2ccc[nH+]c2)cc1OC. The van der Waals surface area contributed by atoms with Crippen molar-refractivity contribution < 1.29 is 29.2 Å². The van der Waals surface area contributed by atoms with Gasteiger partial charge in [-0.2, -0.15) is 0 Å². The van der Waals surface area contributed by atoms with E-state index in [1.165, 1.54) is 31.3 Å². The molecule has 1 fully saturated rings. The Morgan fingerprint density at radius 2 is 1.79 bits per heavy atom. The molecular formula is C25H21ClN2O5. The fourth-order valence-corrected chi connectivity index (χ4v) is 4.01. The maximum Gasteiger partial charge on any atom is 0.295 e. The van der Waals surface area contributed by atoms with Gasteiger partial charge in [-0.15, -0.1) is 0 Å². The molecule has 0 spiro atoms. The number of aromatic amines is 1. The van der Waals surface area contributed by atoms with Crippen molar-refractivity contribution in [2.24, 2.45) is 0 Å². The van der Waals surface area contributed by atoms with Crippen LogP contribution < -0.4 is 19.6 Å². The Bertz CT molecular complexity index is 1230. The van der Waals surface area contributed by atoms with E-state index >= 15 is 0 Å². The number of methoxy groups -OCH3 is 2. The monoisotopic (exact) mass is 464 g/mol. The van der Waals surface area contributed by atoms with Gasteiger partial charge in [0.05, 0.1) is 26.8 Å². The van der Waals surface area contributed by atoms with Crippen LogP contribution in [0.25, 0.3) is 5.76 Å². The number of rotatable bonds is 6. The van der Waals surface area contributed by atoms with Crippen molar-refractivity contribution in [3.63, 3.8) is 0 Å². The summed E-state index contributed by atoms with van der Waals surface area (Å²) in [4.78, 5) is 30.6. The van der Waals surface area contributed by atoms with E-state index in [9.17, 15) is 14.7 Å². The number of ketones is 1. The predicted octanol–water partition coefficient (Wildman–Crippen LogP) is 2.60. The highest BCUT2D eigenvalue weighted by atomic mass is 35.5. The number of H-pyrrole nitrogens is 1. The Morgan fingerprint density at radius 3 is 2.42 bits per heavy atom. The third kappa shape index (κ3) is 4.27. The quantitative estimate of drug-likeness (QED) is 0.317. The number of benzene rings is 2. The average molecular weight is 465 g/mol. The van der Waals surface area contributed by atoms with E-state index in [0.717, 1.165) is 5.56 Å². The van der Waals surface area contributed by atoms with E-state index in [1.807, 2.05) is 6.07 Å².